The molecule has 3 rings (SSSR count). The number of halogens is 4. The lowest BCUT2D eigenvalue weighted by atomic mass is 10.0. The molecular weight excluding hydrogens is 426 g/mol. The smallest absolute Gasteiger partial charge is 0.306 e. The van der Waals surface area contributed by atoms with Crippen LogP contribution in [0.4, 0.5) is 4.39 Å². The topological polar surface area (TPSA) is 48.6 Å². The molecule has 21 heavy (non-hydrogen) atoms. The van der Waals surface area contributed by atoms with E-state index in [0.717, 1.165) is 15.6 Å². The van der Waals surface area contributed by atoms with Crippen molar-refractivity contribution in [3.05, 3.63) is 67.3 Å². The minimum Gasteiger partial charge on any atom is -0.306 e. The van der Waals surface area contributed by atoms with Gasteiger partial charge >= 0.3 is 5.69 Å². The summed E-state index contributed by atoms with van der Waals surface area (Å²) in [5.41, 5.74) is 2.74. The number of H-pyrrole nitrogens is 2. The molecule has 7 heteroatoms. The van der Waals surface area contributed by atoms with E-state index in [1.165, 1.54) is 12.1 Å². The second-order valence-corrected chi connectivity index (χ2v) is 6.71. The van der Waals surface area contributed by atoms with Crippen LogP contribution in [0.15, 0.2) is 39.6 Å². The zero-order valence-electron chi connectivity index (χ0n) is 10.4. The highest BCUT2D eigenvalue weighted by molar-refractivity contribution is 9.11. The summed E-state index contributed by atoms with van der Waals surface area (Å²) in [5.74, 6) is -0.467. The summed E-state index contributed by atoms with van der Waals surface area (Å²) in [7, 11) is 0. The van der Waals surface area contributed by atoms with Gasteiger partial charge in [-0.05, 0) is 35.4 Å². The number of benzene rings is 2. The van der Waals surface area contributed by atoms with E-state index in [0.29, 0.717) is 11.0 Å². The van der Waals surface area contributed by atoms with Gasteiger partial charge in [0.05, 0.1) is 20.9 Å². The lowest BCUT2D eigenvalue weighted by molar-refractivity contribution is 0.626. The Bertz CT molecular complexity index is 890. The van der Waals surface area contributed by atoms with Crippen LogP contribution in [0, 0.1) is 5.82 Å². The quantitative estimate of drug-likeness (QED) is 0.554. The maximum atomic E-state index is 13.6. The van der Waals surface area contributed by atoms with Crippen molar-refractivity contribution < 1.29 is 4.39 Å². The van der Waals surface area contributed by atoms with Crippen molar-refractivity contribution in [2.75, 3.05) is 0 Å². The molecule has 2 N–H and O–H groups in total. The normalized spacial score (nSPS) is 12.8. The highest BCUT2D eigenvalue weighted by Gasteiger charge is 2.17. The van der Waals surface area contributed by atoms with E-state index in [2.05, 4.69) is 41.8 Å². The van der Waals surface area contributed by atoms with Crippen LogP contribution >= 0.6 is 43.5 Å². The summed E-state index contributed by atoms with van der Waals surface area (Å²) in [6, 6.07) is 8.30. The number of nitrogens with one attached hydrogen (secondary N) is 2. The Morgan fingerprint density at radius 1 is 1.14 bits per heavy atom. The minimum atomic E-state index is -0.467. The maximum Gasteiger partial charge on any atom is 0.323 e. The summed E-state index contributed by atoms with van der Waals surface area (Å²) in [6.07, 6.45) is 0. The van der Waals surface area contributed by atoms with Gasteiger partial charge in [-0.1, -0.05) is 49.5 Å². The van der Waals surface area contributed by atoms with Gasteiger partial charge in [-0.25, -0.2) is 9.18 Å². The maximum absolute atomic E-state index is 13.6. The van der Waals surface area contributed by atoms with Gasteiger partial charge in [0.1, 0.15) is 5.82 Å². The molecule has 0 aliphatic rings. The molecule has 0 aliphatic carbocycles. The summed E-state index contributed by atoms with van der Waals surface area (Å²) < 4.78 is 14.4. The minimum absolute atomic E-state index is 0.0860. The predicted octanol–water partition coefficient (Wildman–Crippen LogP) is 4.90. The molecular formula is C14H8Br2ClFN2O. The van der Waals surface area contributed by atoms with Gasteiger partial charge in [-0.3, -0.25) is 0 Å². The number of imidazole rings is 1. The number of hydrogen-bond donors (Lipinski definition) is 2. The van der Waals surface area contributed by atoms with E-state index in [1.54, 1.807) is 6.07 Å². The molecule has 0 fully saturated rings. The van der Waals surface area contributed by atoms with Crippen molar-refractivity contribution in [3.63, 3.8) is 0 Å². The van der Waals surface area contributed by atoms with Crippen LogP contribution in [-0.4, -0.2) is 9.97 Å². The van der Waals surface area contributed by atoms with Crippen molar-refractivity contribution in [1.29, 1.82) is 0 Å². The lowest BCUT2D eigenvalue weighted by Crippen LogP contribution is -1.99. The van der Waals surface area contributed by atoms with E-state index in [4.69, 9.17) is 11.6 Å². The molecule has 0 saturated carbocycles. The van der Waals surface area contributed by atoms with Crippen LogP contribution < -0.4 is 5.69 Å². The van der Waals surface area contributed by atoms with Gasteiger partial charge < -0.3 is 9.97 Å². The fraction of sp³-hybridized carbons (Fsp3) is 0.0714. The van der Waals surface area contributed by atoms with Gasteiger partial charge in [0.25, 0.3) is 0 Å². The summed E-state index contributed by atoms with van der Waals surface area (Å²) in [6.45, 7) is 0. The average molecular weight is 434 g/mol. The number of aromatic nitrogens is 2. The second kappa shape index (κ2) is 5.59. The zero-order valence-corrected chi connectivity index (χ0v) is 14.3. The third-order valence-electron chi connectivity index (χ3n) is 3.14. The van der Waals surface area contributed by atoms with Gasteiger partial charge in [0.15, 0.2) is 0 Å². The molecule has 3 aromatic rings. The standard InChI is InChI=1S/C14H8Br2ClFN2O/c15-8-5-12-11(19-14(21)20-12)4-7(8)13(16)6-1-2-9(17)10(18)3-6/h1-5,13H,(H2,19,20,21). The van der Waals surface area contributed by atoms with Crippen LogP contribution in [0.5, 0.6) is 0 Å². The first kappa shape index (κ1) is 14.8. The molecule has 1 heterocycles. The second-order valence-electron chi connectivity index (χ2n) is 4.53. The molecule has 0 spiro atoms. The van der Waals surface area contributed by atoms with Crippen molar-refractivity contribution >= 4 is 54.5 Å². The molecule has 0 bridgehead atoms. The molecule has 3 nitrogen and oxygen atoms in total. The van der Waals surface area contributed by atoms with Crippen LogP contribution in [-0.2, 0) is 0 Å². The van der Waals surface area contributed by atoms with Crippen LogP contribution in [0.3, 0.4) is 0 Å². The van der Waals surface area contributed by atoms with E-state index in [-0.39, 0.29) is 15.5 Å². The van der Waals surface area contributed by atoms with Gasteiger partial charge in [-0.15, -0.1) is 0 Å². The highest BCUT2D eigenvalue weighted by atomic mass is 79.9. The molecule has 0 aliphatic heterocycles. The van der Waals surface area contributed by atoms with Crippen molar-refractivity contribution in [1.82, 2.24) is 9.97 Å². The molecule has 0 saturated heterocycles. The Labute approximate surface area is 140 Å². The van der Waals surface area contributed by atoms with Gasteiger partial charge in [-0.2, -0.15) is 0 Å². The molecule has 1 atom stereocenters. The molecule has 2 aromatic carbocycles. The van der Waals surface area contributed by atoms with Crippen molar-refractivity contribution in [3.8, 4) is 0 Å². The molecule has 1 unspecified atom stereocenters. The Morgan fingerprint density at radius 2 is 1.81 bits per heavy atom. The Morgan fingerprint density at radius 3 is 2.48 bits per heavy atom. The van der Waals surface area contributed by atoms with E-state index >= 15 is 0 Å². The molecule has 1 aromatic heterocycles. The van der Waals surface area contributed by atoms with E-state index < -0.39 is 5.82 Å². The molecule has 108 valence electrons. The average Bonchev–Trinajstić information content (AvgIpc) is 2.79. The SMILES string of the molecule is O=c1[nH]c2cc(Br)c(C(Br)c3ccc(Cl)c(F)c3)cc2[nH]1. The Kier molecular flexibility index (Phi) is 3.94. The fourth-order valence-electron chi connectivity index (χ4n) is 2.12. The van der Waals surface area contributed by atoms with Gasteiger partial charge in [0.2, 0.25) is 0 Å². The highest BCUT2D eigenvalue weighted by Crippen LogP contribution is 2.37. The molecule has 0 radical (unpaired) electrons. The third-order valence-corrected chi connectivity index (χ3v) is 5.16. The largest absolute Gasteiger partial charge is 0.323 e. The number of fused-ring (bicyclic) bond motifs is 1. The van der Waals surface area contributed by atoms with Crippen LogP contribution in [0.2, 0.25) is 5.02 Å². The van der Waals surface area contributed by atoms with E-state index in [9.17, 15) is 9.18 Å². The number of aromatic amines is 2. The number of rotatable bonds is 2. The first-order chi connectivity index (χ1) is 9.95. The Balaban J connectivity index is 2.11. The van der Waals surface area contributed by atoms with Gasteiger partial charge in [0, 0.05) is 4.47 Å². The summed E-state index contributed by atoms with van der Waals surface area (Å²) in [5, 5.41) is 0.0860. The van der Waals surface area contributed by atoms with Crippen LogP contribution in [0.25, 0.3) is 11.0 Å². The monoisotopic (exact) mass is 432 g/mol. The fourth-order valence-corrected chi connectivity index (χ4v) is 3.78. The number of hydrogen-bond acceptors (Lipinski definition) is 1. The molecule has 0 amide bonds. The van der Waals surface area contributed by atoms with Crippen molar-refractivity contribution in [2.45, 2.75) is 4.83 Å². The van der Waals surface area contributed by atoms with Crippen LogP contribution in [0.1, 0.15) is 16.0 Å². The van der Waals surface area contributed by atoms with E-state index in [1.807, 2.05) is 12.1 Å². The van der Waals surface area contributed by atoms with Crippen molar-refractivity contribution in [2.24, 2.45) is 0 Å². The lowest BCUT2D eigenvalue weighted by Gasteiger charge is -2.13. The zero-order chi connectivity index (χ0) is 15.1. The third kappa shape index (κ3) is 2.80. The first-order valence-corrected chi connectivity index (χ1v) is 8.05. The predicted molar refractivity (Wildman–Crippen MR) is 88.8 cm³/mol. The summed E-state index contributed by atoms with van der Waals surface area (Å²) in [4.78, 5) is 16.5. The number of alkyl halides is 1. The first-order valence-electron chi connectivity index (χ1n) is 5.96. The summed E-state index contributed by atoms with van der Waals surface area (Å²) >= 11 is 12.7. The Hall–Kier alpha value is -1.11.